The summed E-state index contributed by atoms with van der Waals surface area (Å²) in [5.74, 6) is 5.23. The molecule has 0 saturated heterocycles. The molecule has 2 aromatic carbocycles. The maximum Gasteiger partial charge on any atom is 0.280 e. The summed E-state index contributed by atoms with van der Waals surface area (Å²) in [6, 6.07) is 15.4. The van der Waals surface area contributed by atoms with Gasteiger partial charge < -0.3 is 5.84 Å². The van der Waals surface area contributed by atoms with E-state index in [-0.39, 0.29) is 5.56 Å². The molecule has 0 atom stereocenters. The summed E-state index contributed by atoms with van der Waals surface area (Å²) in [6.07, 6.45) is 0. The molecule has 4 heteroatoms. The van der Waals surface area contributed by atoms with Crippen LogP contribution in [0, 0.1) is 5.82 Å². The Morgan fingerprint density at radius 1 is 0.947 bits per heavy atom. The van der Waals surface area contributed by atoms with Crippen molar-refractivity contribution >= 4 is 10.9 Å². The third-order valence-electron chi connectivity index (χ3n) is 3.11. The van der Waals surface area contributed by atoms with Crippen molar-refractivity contribution in [3.8, 4) is 11.1 Å². The van der Waals surface area contributed by atoms with E-state index in [4.69, 9.17) is 5.84 Å². The fourth-order valence-electron chi connectivity index (χ4n) is 2.18. The van der Waals surface area contributed by atoms with Crippen molar-refractivity contribution in [2.75, 3.05) is 5.84 Å². The van der Waals surface area contributed by atoms with Crippen LogP contribution in [0.2, 0.25) is 0 Å². The average molecular weight is 254 g/mol. The number of nitrogen functional groups attached to an aromatic ring is 1. The van der Waals surface area contributed by atoms with E-state index >= 15 is 0 Å². The van der Waals surface area contributed by atoms with Crippen LogP contribution in [0.1, 0.15) is 0 Å². The fraction of sp³-hybridized carbons (Fsp3) is 0. The molecule has 0 amide bonds. The molecule has 0 aliphatic rings. The Bertz CT molecular complexity index is 809. The van der Waals surface area contributed by atoms with Gasteiger partial charge in [0.2, 0.25) is 0 Å². The molecule has 0 unspecified atom stereocenters. The minimum Gasteiger partial charge on any atom is -0.336 e. The summed E-state index contributed by atoms with van der Waals surface area (Å²) in [7, 11) is 0. The van der Waals surface area contributed by atoms with Crippen LogP contribution in [-0.4, -0.2) is 4.68 Å². The second-order valence-corrected chi connectivity index (χ2v) is 4.25. The van der Waals surface area contributed by atoms with Gasteiger partial charge in [0, 0.05) is 5.39 Å². The van der Waals surface area contributed by atoms with Crippen molar-refractivity contribution in [3.05, 3.63) is 70.8 Å². The number of pyridine rings is 1. The van der Waals surface area contributed by atoms with Gasteiger partial charge in [-0.1, -0.05) is 42.5 Å². The van der Waals surface area contributed by atoms with Crippen LogP contribution < -0.4 is 11.4 Å². The van der Waals surface area contributed by atoms with Gasteiger partial charge >= 0.3 is 0 Å². The van der Waals surface area contributed by atoms with Crippen LogP contribution in [0.3, 0.4) is 0 Å². The van der Waals surface area contributed by atoms with Gasteiger partial charge in [0.25, 0.3) is 5.56 Å². The third kappa shape index (κ3) is 1.69. The molecule has 0 saturated carbocycles. The number of hydrogen-bond acceptors (Lipinski definition) is 2. The molecule has 3 nitrogen and oxygen atoms in total. The molecule has 3 rings (SSSR count). The van der Waals surface area contributed by atoms with Gasteiger partial charge in [0.05, 0.1) is 11.1 Å². The van der Waals surface area contributed by atoms with Crippen LogP contribution in [-0.2, 0) is 0 Å². The Hall–Kier alpha value is -2.62. The molecule has 0 radical (unpaired) electrons. The van der Waals surface area contributed by atoms with Crippen LogP contribution in [0.4, 0.5) is 4.39 Å². The van der Waals surface area contributed by atoms with Gasteiger partial charge in [-0.3, -0.25) is 4.79 Å². The molecule has 0 aliphatic heterocycles. The molecule has 0 fully saturated rings. The summed E-state index contributed by atoms with van der Waals surface area (Å²) in [5.41, 5.74) is 0.365. The topological polar surface area (TPSA) is 48.0 Å². The Balaban J connectivity index is 2.48. The number of fused-ring (bicyclic) bond motifs is 1. The maximum absolute atomic E-state index is 14.5. The molecular formula is C15H11FN2O. The van der Waals surface area contributed by atoms with E-state index < -0.39 is 11.4 Å². The van der Waals surface area contributed by atoms with Crippen molar-refractivity contribution in [2.24, 2.45) is 0 Å². The maximum atomic E-state index is 14.5. The molecular weight excluding hydrogens is 243 g/mol. The quantitative estimate of drug-likeness (QED) is 0.678. The first-order chi connectivity index (χ1) is 9.20. The zero-order chi connectivity index (χ0) is 13.4. The fourth-order valence-corrected chi connectivity index (χ4v) is 2.18. The lowest BCUT2D eigenvalue weighted by Gasteiger charge is -2.10. The van der Waals surface area contributed by atoms with Gasteiger partial charge in [0.1, 0.15) is 5.82 Å². The van der Waals surface area contributed by atoms with E-state index in [1.807, 2.05) is 6.07 Å². The van der Waals surface area contributed by atoms with Gasteiger partial charge in [0.15, 0.2) is 0 Å². The van der Waals surface area contributed by atoms with E-state index in [1.165, 1.54) is 0 Å². The standard InChI is InChI=1S/C15H11FN2O/c16-14-11-8-4-5-9-12(11)18(17)15(19)13(14)10-6-2-1-3-7-10/h1-9H,17H2. The lowest BCUT2D eigenvalue weighted by molar-refractivity contribution is 0.638. The first-order valence-corrected chi connectivity index (χ1v) is 5.84. The summed E-state index contributed by atoms with van der Waals surface area (Å²) >= 11 is 0. The predicted molar refractivity (Wildman–Crippen MR) is 73.8 cm³/mol. The average Bonchev–Trinajstić information content (AvgIpc) is 2.46. The van der Waals surface area contributed by atoms with E-state index in [0.717, 1.165) is 4.68 Å². The van der Waals surface area contributed by atoms with E-state index in [9.17, 15) is 9.18 Å². The SMILES string of the molecule is Nn1c(=O)c(-c2ccccc2)c(F)c2ccccc21. The first kappa shape index (κ1) is 11.5. The van der Waals surface area contributed by atoms with Gasteiger partial charge in [-0.2, -0.15) is 0 Å². The second-order valence-electron chi connectivity index (χ2n) is 4.25. The third-order valence-corrected chi connectivity index (χ3v) is 3.11. The minimum atomic E-state index is -0.539. The largest absolute Gasteiger partial charge is 0.336 e. The number of aromatic nitrogens is 1. The number of para-hydroxylation sites is 1. The molecule has 3 aromatic rings. The highest BCUT2D eigenvalue weighted by Crippen LogP contribution is 2.24. The van der Waals surface area contributed by atoms with Crippen LogP contribution in [0.25, 0.3) is 22.0 Å². The van der Waals surface area contributed by atoms with Gasteiger partial charge in [-0.15, -0.1) is 0 Å². The smallest absolute Gasteiger partial charge is 0.280 e. The summed E-state index contributed by atoms with van der Waals surface area (Å²) < 4.78 is 15.5. The van der Waals surface area contributed by atoms with Crippen molar-refractivity contribution < 1.29 is 4.39 Å². The molecule has 2 N–H and O–H groups in total. The van der Waals surface area contributed by atoms with Crippen molar-refractivity contribution in [3.63, 3.8) is 0 Å². The van der Waals surface area contributed by atoms with Crippen LogP contribution in [0.15, 0.2) is 59.4 Å². The number of hydrogen-bond donors (Lipinski definition) is 1. The molecule has 1 heterocycles. The number of nitrogens with two attached hydrogens (primary N) is 1. The van der Waals surface area contributed by atoms with Crippen molar-refractivity contribution in [1.29, 1.82) is 0 Å². The Labute approximate surface area is 108 Å². The Morgan fingerprint density at radius 2 is 1.58 bits per heavy atom. The first-order valence-electron chi connectivity index (χ1n) is 5.84. The minimum absolute atomic E-state index is 0.00167. The van der Waals surface area contributed by atoms with Crippen molar-refractivity contribution in [1.82, 2.24) is 4.68 Å². The molecule has 94 valence electrons. The monoisotopic (exact) mass is 254 g/mol. The molecule has 1 aromatic heterocycles. The molecule has 0 aliphatic carbocycles. The summed E-state index contributed by atoms with van der Waals surface area (Å²) in [5, 5.41) is 0.337. The van der Waals surface area contributed by atoms with Crippen LogP contribution >= 0.6 is 0 Å². The second kappa shape index (κ2) is 4.24. The number of halogens is 1. The molecule has 19 heavy (non-hydrogen) atoms. The van der Waals surface area contributed by atoms with Gasteiger partial charge in [-0.25, -0.2) is 9.07 Å². The predicted octanol–water partition coefficient (Wildman–Crippen LogP) is 2.52. The lowest BCUT2D eigenvalue weighted by Crippen LogP contribution is -2.29. The number of rotatable bonds is 1. The van der Waals surface area contributed by atoms with Crippen molar-refractivity contribution in [2.45, 2.75) is 0 Å². The number of nitrogens with zero attached hydrogens (tertiary/aromatic N) is 1. The Morgan fingerprint density at radius 3 is 2.32 bits per heavy atom. The Kier molecular flexibility index (Phi) is 2.56. The molecule has 0 spiro atoms. The highest BCUT2D eigenvalue weighted by molar-refractivity contribution is 5.85. The summed E-state index contributed by atoms with van der Waals surface area (Å²) in [4.78, 5) is 12.2. The molecule has 0 bridgehead atoms. The highest BCUT2D eigenvalue weighted by atomic mass is 19.1. The van der Waals surface area contributed by atoms with Crippen LogP contribution in [0.5, 0.6) is 0 Å². The van der Waals surface area contributed by atoms with E-state index in [2.05, 4.69) is 0 Å². The van der Waals surface area contributed by atoms with E-state index in [0.29, 0.717) is 16.5 Å². The van der Waals surface area contributed by atoms with E-state index in [1.54, 1.807) is 48.5 Å². The highest BCUT2D eigenvalue weighted by Gasteiger charge is 2.16. The number of benzene rings is 2. The normalized spacial score (nSPS) is 10.8. The zero-order valence-electron chi connectivity index (χ0n) is 10.0. The lowest BCUT2D eigenvalue weighted by atomic mass is 10.0. The van der Waals surface area contributed by atoms with Gasteiger partial charge in [-0.05, 0) is 17.7 Å². The summed E-state index contributed by atoms with van der Waals surface area (Å²) in [6.45, 7) is 0. The zero-order valence-corrected chi connectivity index (χ0v) is 10.0.